The maximum atomic E-state index is 11.9. The highest BCUT2D eigenvalue weighted by Crippen LogP contribution is 2.27. The van der Waals surface area contributed by atoms with E-state index in [4.69, 9.17) is 0 Å². The number of halogens is 3. The van der Waals surface area contributed by atoms with E-state index in [2.05, 4.69) is 9.72 Å². The number of aldehydes is 1. The van der Waals surface area contributed by atoms with E-state index in [1.54, 1.807) is 0 Å². The van der Waals surface area contributed by atoms with Crippen LogP contribution >= 0.6 is 0 Å². The molecule has 0 atom stereocenters. The molecule has 1 rings (SSSR count). The molecule has 0 aliphatic heterocycles. The van der Waals surface area contributed by atoms with E-state index in [0.717, 1.165) is 0 Å². The minimum absolute atomic E-state index is 0.151. The molecular weight excluding hydrogens is 245 g/mol. The zero-order valence-electron chi connectivity index (χ0n) is 8.32. The van der Waals surface area contributed by atoms with Crippen molar-refractivity contribution in [2.45, 2.75) is 13.3 Å². The third-order valence-corrected chi connectivity index (χ3v) is 1.74. The molecule has 1 aromatic rings. The lowest BCUT2D eigenvalue weighted by atomic mass is 10.2. The van der Waals surface area contributed by atoms with Crippen molar-refractivity contribution < 1.29 is 27.6 Å². The number of nitrogens with zero attached hydrogens (tertiary/aromatic N) is 2. The highest BCUT2D eigenvalue weighted by molar-refractivity contribution is 5.83. The van der Waals surface area contributed by atoms with Crippen LogP contribution in [0.4, 0.5) is 18.9 Å². The molecule has 0 aromatic carbocycles. The maximum absolute atomic E-state index is 11.9. The van der Waals surface area contributed by atoms with Gasteiger partial charge in [-0.3, -0.25) is 14.9 Å². The lowest BCUT2D eigenvalue weighted by Crippen LogP contribution is -2.18. The van der Waals surface area contributed by atoms with Crippen molar-refractivity contribution in [2.75, 3.05) is 0 Å². The molecule has 0 aliphatic carbocycles. The summed E-state index contributed by atoms with van der Waals surface area (Å²) < 4.78 is 39.1. The molecule has 0 aliphatic rings. The molecule has 0 N–H and O–H groups in total. The number of aryl methyl sites for hydroxylation is 1. The van der Waals surface area contributed by atoms with Gasteiger partial charge in [-0.2, -0.15) is 0 Å². The Bertz CT molecular complexity index is 473. The molecule has 0 fully saturated rings. The molecule has 0 radical (unpaired) electrons. The zero-order chi connectivity index (χ0) is 13.2. The van der Waals surface area contributed by atoms with Gasteiger partial charge in [-0.25, -0.2) is 4.98 Å². The van der Waals surface area contributed by atoms with Crippen LogP contribution in [0.25, 0.3) is 0 Å². The van der Waals surface area contributed by atoms with Crippen LogP contribution in [0.15, 0.2) is 6.07 Å². The van der Waals surface area contributed by atoms with Crippen molar-refractivity contribution in [2.24, 2.45) is 0 Å². The molecule has 0 bridgehead atoms. The van der Waals surface area contributed by atoms with Crippen LogP contribution in [0, 0.1) is 17.0 Å². The lowest BCUT2D eigenvalue weighted by Gasteiger charge is -2.09. The second-order valence-electron chi connectivity index (χ2n) is 2.90. The van der Waals surface area contributed by atoms with Gasteiger partial charge in [-0.1, -0.05) is 0 Å². The van der Waals surface area contributed by atoms with Gasteiger partial charge in [0.15, 0.2) is 6.29 Å². The summed E-state index contributed by atoms with van der Waals surface area (Å²) >= 11 is 0. The summed E-state index contributed by atoms with van der Waals surface area (Å²) in [6.07, 6.45) is -4.85. The van der Waals surface area contributed by atoms with E-state index < -0.39 is 22.9 Å². The molecule has 0 amide bonds. The number of hydrogen-bond donors (Lipinski definition) is 0. The van der Waals surface area contributed by atoms with Gasteiger partial charge in [0.2, 0.25) is 5.88 Å². The number of carbonyl (C=O) groups is 1. The molecule has 92 valence electrons. The van der Waals surface area contributed by atoms with Crippen molar-refractivity contribution in [3.05, 3.63) is 27.4 Å². The first-order valence-electron chi connectivity index (χ1n) is 4.11. The van der Waals surface area contributed by atoms with Gasteiger partial charge in [-0.15, -0.1) is 13.2 Å². The minimum Gasteiger partial charge on any atom is -0.388 e. The first-order chi connectivity index (χ1) is 7.74. The number of alkyl halides is 3. The first kappa shape index (κ1) is 12.9. The molecule has 0 saturated heterocycles. The van der Waals surface area contributed by atoms with Crippen LogP contribution in [-0.4, -0.2) is 22.6 Å². The molecule has 9 heteroatoms. The highest BCUT2D eigenvalue weighted by Gasteiger charge is 2.33. The fraction of sp³-hybridized carbons (Fsp3) is 0.250. The summed E-state index contributed by atoms with van der Waals surface area (Å²) in [4.78, 5) is 23.4. The summed E-state index contributed by atoms with van der Waals surface area (Å²) in [5.41, 5.74) is -1.38. The molecule has 1 heterocycles. The van der Waals surface area contributed by atoms with Crippen LogP contribution in [0.3, 0.4) is 0 Å². The monoisotopic (exact) mass is 250 g/mol. The van der Waals surface area contributed by atoms with E-state index in [-0.39, 0.29) is 17.5 Å². The predicted molar refractivity (Wildman–Crippen MR) is 47.7 cm³/mol. The number of pyridine rings is 1. The SMILES string of the molecule is Cc1nc(OC(F)(F)F)cc([N+](=O)[O-])c1C=O. The van der Waals surface area contributed by atoms with Crippen molar-refractivity contribution >= 4 is 12.0 Å². The van der Waals surface area contributed by atoms with Crippen molar-refractivity contribution in [3.8, 4) is 5.88 Å². The molecule has 6 nitrogen and oxygen atoms in total. The number of carbonyl (C=O) groups excluding carboxylic acids is 1. The second kappa shape index (κ2) is 4.36. The molecule has 1 aromatic heterocycles. The number of aromatic nitrogens is 1. The Balaban J connectivity index is 3.29. The third kappa shape index (κ3) is 3.13. The standard InChI is InChI=1S/C8H5F3N2O4/c1-4-5(3-14)6(13(15)16)2-7(12-4)17-8(9,10)11/h2-3H,1H3. The van der Waals surface area contributed by atoms with E-state index in [9.17, 15) is 28.1 Å². The Kier molecular flexibility index (Phi) is 3.30. The van der Waals surface area contributed by atoms with Crippen LogP contribution in [0.5, 0.6) is 5.88 Å². The van der Waals surface area contributed by atoms with Crippen LogP contribution < -0.4 is 4.74 Å². The Labute approximate surface area is 92.2 Å². The van der Waals surface area contributed by atoms with Gasteiger partial charge >= 0.3 is 6.36 Å². The molecular formula is C8H5F3N2O4. The van der Waals surface area contributed by atoms with E-state index in [0.29, 0.717) is 6.07 Å². The predicted octanol–water partition coefficient (Wildman–Crippen LogP) is 2.01. The first-order valence-corrected chi connectivity index (χ1v) is 4.11. The molecule has 0 spiro atoms. The van der Waals surface area contributed by atoms with Gasteiger partial charge in [0.25, 0.3) is 5.69 Å². The van der Waals surface area contributed by atoms with E-state index in [1.807, 2.05) is 0 Å². The second-order valence-corrected chi connectivity index (χ2v) is 2.90. The van der Waals surface area contributed by atoms with Crippen LogP contribution in [-0.2, 0) is 0 Å². The van der Waals surface area contributed by atoms with Crippen molar-refractivity contribution in [1.29, 1.82) is 0 Å². The van der Waals surface area contributed by atoms with Gasteiger partial charge in [0, 0.05) is 0 Å². The summed E-state index contributed by atoms with van der Waals surface area (Å²) in [6, 6.07) is 0.449. The maximum Gasteiger partial charge on any atom is 0.574 e. The minimum atomic E-state index is -5.00. The topological polar surface area (TPSA) is 82.3 Å². The summed E-state index contributed by atoms with van der Waals surface area (Å²) in [5, 5.41) is 10.5. The molecule has 0 unspecified atom stereocenters. The summed E-state index contributed by atoms with van der Waals surface area (Å²) in [5.74, 6) is -0.979. The Morgan fingerprint density at radius 3 is 2.53 bits per heavy atom. The summed E-state index contributed by atoms with van der Waals surface area (Å²) in [6.45, 7) is 1.17. The largest absolute Gasteiger partial charge is 0.574 e. The molecule has 0 saturated carbocycles. The fourth-order valence-electron chi connectivity index (χ4n) is 1.11. The molecule has 17 heavy (non-hydrogen) atoms. The number of nitro groups is 1. The third-order valence-electron chi connectivity index (χ3n) is 1.74. The fourth-order valence-corrected chi connectivity index (χ4v) is 1.11. The Hall–Kier alpha value is -2.19. The quantitative estimate of drug-likeness (QED) is 0.465. The van der Waals surface area contributed by atoms with E-state index in [1.165, 1.54) is 6.92 Å². The highest BCUT2D eigenvalue weighted by atomic mass is 19.4. The van der Waals surface area contributed by atoms with Gasteiger partial charge < -0.3 is 4.74 Å². The van der Waals surface area contributed by atoms with Gasteiger partial charge in [0.05, 0.1) is 16.7 Å². The number of rotatable bonds is 3. The Morgan fingerprint density at radius 2 is 2.12 bits per heavy atom. The number of ether oxygens (including phenoxy) is 1. The number of hydrogen-bond acceptors (Lipinski definition) is 5. The van der Waals surface area contributed by atoms with Crippen molar-refractivity contribution in [1.82, 2.24) is 4.98 Å². The Morgan fingerprint density at radius 1 is 1.53 bits per heavy atom. The average Bonchev–Trinajstić information content (AvgIpc) is 2.13. The summed E-state index contributed by atoms with van der Waals surface area (Å²) in [7, 11) is 0. The van der Waals surface area contributed by atoms with Gasteiger partial charge in [0.1, 0.15) is 5.56 Å². The van der Waals surface area contributed by atoms with E-state index >= 15 is 0 Å². The smallest absolute Gasteiger partial charge is 0.388 e. The van der Waals surface area contributed by atoms with Crippen LogP contribution in [0.1, 0.15) is 16.1 Å². The van der Waals surface area contributed by atoms with Crippen molar-refractivity contribution in [3.63, 3.8) is 0 Å². The zero-order valence-corrected chi connectivity index (χ0v) is 8.32. The van der Waals surface area contributed by atoms with Crippen LogP contribution in [0.2, 0.25) is 0 Å². The normalized spacial score (nSPS) is 11.1. The van der Waals surface area contributed by atoms with Gasteiger partial charge in [-0.05, 0) is 6.92 Å². The average molecular weight is 250 g/mol. The lowest BCUT2D eigenvalue weighted by molar-refractivity contribution is -0.385.